The third-order valence-corrected chi connectivity index (χ3v) is 6.55. The Morgan fingerprint density at radius 3 is 2.62 bits per heavy atom. The van der Waals surface area contributed by atoms with Crippen molar-refractivity contribution in [3.05, 3.63) is 96.4 Å². The fraction of sp³-hybridized carbons (Fsp3) is 0.241. The van der Waals surface area contributed by atoms with Crippen LogP contribution < -0.4 is 15.5 Å². The molecule has 2 aromatic carbocycles. The molecule has 3 heterocycles. The summed E-state index contributed by atoms with van der Waals surface area (Å²) in [5.41, 5.74) is 5.07. The van der Waals surface area contributed by atoms with Crippen LogP contribution in [0.4, 0.5) is 22.1 Å². The predicted octanol–water partition coefficient (Wildman–Crippen LogP) is 5.01. The van der Waals surface area contributed by atoms with Crippen molar-refractivity contribution < 1.29 is 4.79 Å². The molecule has 188 valence electrons. The molecule has 0 radical (unpaired) electrons. The molecule has 2 N–H and O–H groups in total. The van der Waals surface area contributed by atoms with E-state index in [9.17, 15) is 4.79 Å². The van der Waals surface area contributed by atoms with Gasteiger partial charge in [-0.3, -0.25) is 4.98 Å². The number of carbonyl (C=O) groups is 1. The summed E-state index contributed by atoms with van der Waals surface area (Å²) in [7, 11) is 2.15. The fourth-order valence-corrected chi connectivity index (χ4v) is 4.50. The molecule has 1 aliphatic rings. The second-order valence-electron chi connectivity index (χ2n) is 9.36. The SMILES string of the molecule is Cc1ccccc1N(C(=O)Nc1ccc(CNC2CCN(C)C2)cc1)c1nccc(-c2cccnc2)n1. The minimum Gasteiger partial charge on any atom is -0.309 e. The minimum atomic E-state index is -0.336. The van der Waals surface area contributed by atoms with Crippen molar-refractivity contribution >= 4 is 23.4 Å². The number of carbonyl (C=O) groups excluding carboxylic acids is 1. The molecule has 5 rings (SSSR count). The van der Waals surface area contributed by atoms with Crippen LogP contribution in [0.5, 0.6) is 0 Å². The third kappa shape index (κ3) is 5.99. The zero-order chi connectivity index (χ0) is 25.6. The first-order valence-electron chi connectivity index (χ1n) is 12.5. The van der Waals surface area contributed by atoms with Gasteiger partial charge in [-0.1, -0.05) is 30.3 Å². The van der Waals surface area contributed by atoms with Crippen molar-refractivity contribution in [1.82, 2.24) is 25.2 Å². The van der Waals surface area contributed by atoms with E-state index in [1.165, 1.54) is 16.9 Å². The van der Waals surface area contributed by atoms with Crippen molar-refractivity contribution in [3.8, 4) is 11.3 Å². The van der Waals surface area contributed by atoms with Gasteiger partial charge >= 0.3 is 6.03 Å². The quantitative estimate of drug-likeness (QED) is 0.376. The van der Waals surface area contributed by atoms with Gasteiger partial charge in [-0.2, -0.15) is 0 Å². The van der Waals surface area contributed by atoms with Gasteiger partial charge in [-0.15, -0.1) is 0 Å². The number of hydrogen-bond acceptors (Lipinski definition) is 6. The topological polar surface area (TPSA) is 86.3 Å². The Hall–Kier alpha value is -4.14. The molecular weight excluding hydrogens is 462 g/mol. The first kappa shape index (κ1) is 24.5. The van der Waals surface area contributed by atoms with Gasteiger partial charge in [0.15, 0.2) is 0 Å². The van der Waals surface area contributed by atoms with Crippen molar-refractivity contribution in [2.24, 2.45) is 0 Å². The van der Waals surface area contributed by atoms with E-state index < -0.39 is 0 Å². The van der Waals surface area contributed by atoms with Gasteiger partial charge in [-0.25, -0.2) is 19.7 Å². The van der Waals surface area contributed by atoms with Gasteiger partial charge in [0.05, 0.1) is 11.4 Å². The zero-order valence-electron chi connectivity index (χ0n) is 21.1. The molecule has 1 unspecified atom stereocenters. The highest BCUT2D eigenvalue weighted by molar-refractivity contribution is 6.06. The first-order valence-corrected chi connectivity index (χ1v) is 12.5. The summed E-state index contributed by atoms with van der Waals surface area (Å²) in [4.78, 5) is 30.8. The van der Waals surface area contributed by atoms with Crippen LogP contribution >= 0.6 is 0 Å². The number of likely N-dealkylation sites (N-methyl/N-ethyl adjacent to an activating group) is 1. The molecule has 37 heavy (non-hydrogen) atoms. The van der Waals surface area contributed by atoms with Gasteiger partial charge < -0.3 is 15.5 Å². The van der Waals surface area contributed by atoms with Gasteiger partial charge in [0, 0.05) is 49.0 Å². The molecule has 0 spiro atoms. The van der Waals surface area contributed by atoms with E-state index in [1.54, 1.807) is 18.6 Å². The number of likely N-dealkylation sites (tertiary alicyclic amines) is 1. The summed E-state index contributed by atoms with van der Waals surface area (Å²) in [5.74, 6) is 0.288. The second kappa shape index (κ2) is 11.3. The number of anilines is 3. The van der Waals surface area contributed by atoms with Gasteiger partial charge in [0.2, 0.25) is 5.95 Å². The highest BCUT2D eigenvalue weighted by atomic mass is 16.2. The molecule has 2 aromatic heterocycles. The lowest BCUT2D eigenvalue weighted by atomic mass is 10.1. The average molecular weight is 494 g/mol. The Kier molecular flexibility index (Phi) is 7.49. The van der Waals surface area contributed by atoms with Crippen molar-refractivity contribution in [2.75, 3.05) is 30.4 Å². The van der Waals surface area contributed by atoms with E-state index in [0.29, 0.717) is 23.1 Å². The summed E-state index contributed by atoms with van der Waals surface area (Å²) in [5, 5.41) is 6.64. The molecule has 2 amide bonds. The van der Waals surface area contributed by atoms with Crippen LogP contribution in [0.1, 0.15) is 17.5 Å². The van der Waals surface area contributed by atoms with Crippen LogP contribution in [-0.4, -0.2) is 52.1 Å². The standard InChI is InChI=1S/C29H31N7O/c1-21-6-3-4-8-27(21)36(28-31-16-13-26(34-28)23-7-5-15-30-19-23)29(37)33-24-11-9-22(10-12-24)18-32-25-14-17-35(2)20-25/h3-13,15-16,19,25,32H,14,17-18,20H2,1-2H3,(H,33,37). The zero-order valence-corrected chi connectivity index (χ0v) is 21.1. The average Bonchev–Trinajstić information content (AvgIpc) is 3.35. The van der Waals surface area contributed by atoms with Crippen LogP contribution in [0.2, 0.25) is 0 Å². The predicted molar refractivity (Wildman–Crippen MR) is 147 cm³/mol. The number of amides is 2. The van der Waals surface area contributed by atoms with E-state index in [2.05, 4.69) is 32.5 Å². The Morgan fingerprint density at radius 1 is 1.05 bits per heavy atom. The number of rotatable bonds is 7. The largest absolute Gasteiger partial charge is 0.333 e. The smallest absolute Gasteiger partial charge is 0.309 e. The number of aryl methyl sites for hydroxylation is 1. The second-order valence-corrected chi connectivity index (χ2v) is 9.36. The molecule has 4 aromatic rings. The summed E-state index contributed by atoms with van der Waals surface area (Å²) >= 11 is 0. The number of nitrogens with zero attached hydrogens (tertiary/aromatic N) is 5. The lowest BCUT2D eigenvalue weighted by molar-refractivity contribution is 0.258. The maximum absolute atomic E-state index is 13.6. The summed E-state index contributed by atoms with van der Waals surface area (Å²) in [6.07, 6.45) is 6.29. The number of nitrogens with one attached hydrogen (secondary N) is 2. The normalized spacial score (nSPS) is 15.5. The third-order valence-electron chi connectivity index (χ3n) is 6.55. The highest BCUT2D eigenvalue weighted by Gasteiger charge is 2.23. The lowest BCUT2D eigenvalue weighted by Gasteiger charge is -2.23. The van der Waals surface area contributed by atoms with Gasteiger partial charge in [-0.05, 0) is 74.5 Å². The molecule has 8 nitrogen and oxygen atoms in total. The number of urea groups is 1. The Bertz CT molecular complexity index is 1340. The van der Waals surface area contributed by atoms with E-state index in [4.69, 9.17) is 4.98 Å². The molecule has 8 heteroatoms. The molecule has 0 saturated carbocycles. The molecule has 1 aliphatic heterocycles. The van der Waals surface area contributed by atoms with Gasteiger partial charge in [0.1, 0.15) is 0 Å². The molecule has 0 bridgehead atoms. The number of pyridine rings is 1. The minimum absolute atomic E-state index is 0.288. The monoisotopic (exact) mass is 493 g/mol. The van der Waals surface area contributed by atoms with Crippen molar-refractivity contribution in [1.29, 1.82) is 0 Å². The fourth-order valence-electron chi connectivity index (χ4n) is 4.50. The molecule has 1 atom stereocenters. The van der Waals surface area contributed by atoms with Crippen LogP contribution in [0, 0.1) is 6.92 Å². The molecule has 0 aliphatic carbocycles. The maximum atomic E-state index is 13.6. The Labute approximate surface area is 217 Å². The van der Waals surface area contributed by atoms with E-state index >= 15 is 0 Å². The highest BCUT2D eigenvalue weighted by Crippen LogP contribution is 2.28. The van der Waals surface area contributed by atoms with Crippen LogP contribution in [0.3, 0.4) is 0 Å². The van der Waals surface area contributed by atoms with Crippen molar-refractivity contribution in [2.45, 2.75) is 25.9 Å². The first-order chi connectivity index (χ1) is 18.1. The van der Waals surface area contributed by atoms with Crippen LogP contribution in [0.25, 0.3) is 11.3 Å². The number of benzene rings is 2. The summed E-state index contributed by atoms with van der Waals surface area (Å²) in [6.45, 7) is 4.98. The van der Waals surface area contributed by atoms with Gasteiger partial charge in [0.25, 0.3) is 0 Å². The Morgan fingerprint density at radius 2 is 1.89 bits per heavy atom. The number of aromatic nitrogens is 3. The summed E-state index contributed by atoms with van der Waals surface area (Å²) in [6, 6.07) is 21.4. The van der Waals surface area contributed by atoms with Crippen LogP contribution in [0.15, 0.2) is 85.3 Å². The van der Waals surface area contributed by atoms with E-state index in [0.717, 1.165) is 30.8 Å². The van der Waals surface area contributed by atoms with E-state index in [-0.39, 0.29) is 12.0 Å². The number of hydrogen-bond donors (Lipinski definition) is 2. The maximum Gasteiger partial charge on any atom is 0.333 e. The van der Waals surface area contributed by atoms with Crippen molar-refractivity contribution in [3.63, 3.8) is 0 Å². The lowest BCUT2D eigenvalue weighted by Crippen LogP contribution is -2.33. The Balaban J connectivity index is 1.36. The molecule has 1 fully saturated rings. The molecular formula is C29H31N7O. The molecule has 1 saturated heterocycles. The number of para-hydroxylation sites is 1. The van der Waals surface area contributed by atoms with E-state index in [1.807, 2.05) is 73.7 Å². The van der Waals surface area contributed by atoms with Crippen LogP contribution in [-0.2, 0) is 6.54 Å². The summed E-state index contributed by atoms with van der Waals surface area (Å²) < 4.78 is 0.